The third-order valence-electron chi connectivity index (χ3n) is 4.65. The molecule has 0 aromatic heterocycles. The molecule has 2 atom stereocenters. The van der Waals surface area contributed by atoms with Crippen molar-refractivity contribution in [2.24, 2.45) is 11.3 Å². The smallest absolute Gasteiger partial charge is 0.307 e. The lowest BCUT2D eigenvalue weighted by Gasteiger charge is -2.33. The van der Waals surface area contributed by atoms with E-state index in [0.29, 0.717) is 32.4 Å². The number of hydrogen-bond acceptors (Lipinski definition) is 3. The highest BCUT2D eigenvalue weighted by Crippen LogP contribution is 2.36. The monoisotopic (exact) mass is 315 g/mol. The van der Waals surface area contributed by atoms with E-state index in [1.165, 1.54) is 9.88 Å². The summed E-state index contributed by atoms with van der Waals surface area (Å²) in [4.78, 5) is 11.2. The molecule has 1 aliphatic carbocycles. The van der Waals surface area contributed by atoms with E-state index in [1.807, 2.05) is 6.08 Å². The van der Waals surface area contributed by atoms with Crippen LogP contribution in [0, 0.1) is 11.3 Å². The van der Waals surface area contributed by atoms with Gasteiger partial charge in [-0.05, 0) is 24.7 Å². The van der Waals surface area contributed by atoms with Crippen LogP contribution < -0.4 is 0 Å². The number of nitrogens with zero attached hydrogens (tertiary/aromatic N) is 1. The van der Waals surface area contributed by atoms with E-state index in [1.54, 1.807) is 0 Å². The number of rotatable bonds is 3. The molecule has 0 spiro atoms. The number of aliphatic carboxylic acids is 1. The molecule has 5 nitrogen and oxygen atoms in total. The number of carboxylic acid groups (broad SMARTS) is 1. The molecule has 6 heteroatoms. The molecule has 2 rings (SSSR count). The zero-order valence-electron chi connectivity index (χ0n) is 13.0. The Morgan fingerprint density at radius 3 is 2.48 bits per heavy atom. The second-order valence-electron chi connectivity index (χ2n) is 7.05. The Hall–Kier alpha value is -0.880. The highest BCUT2D eigenvalue weighted by molar-refractivity contribution is 7.89. The van der Waals surface area contributed by atoms with Gasteiger partial charge in [0.25, 0.3) is 0 Å². The SMILES string of the molecule is CC(C)(C)C1=CCN(S(=O)(=O)C2CCCC2C(=O)O)CC1. The van der Waals surface area contributed by atoms with Crippen molar-refractivity contribution in [3.63, 3.8) is 0 Å². The molecule has 0 aromatic rings. The summed E-state index contributed by atoms with van der Waals surface area (Å²) >= 11 is 0. The minimum atomic E-state index is -3.52. The van der Waals surface area contributed by atoms with E-state index in [2.05, 4.69) is 20.8 Å². The van der Waals surface area contributed by atoms with E-state index in [4.69, 9.17) is 0 Å². The Labute approximate surface area is 127 Å². The van der Waals surface area contributed by atoms with Crippen molar-refractivity contribution in [3.8, 4) is 0 Å². The molecule has 0 saturated heterocycles. The molecule has 0 bridgehead atoms. The molecule has 1 heterocycles. The van der Waals surface area contributed by atoms with Crippen LogP contribution in [0.4, 0.5) is 0 Å². The standard InChI is InChI=1S/C15H25NO4S/c1-15(2,3)11-7-9-16(10-8-11)21(19,20)13-6-4-5-12(13)14(17)18/h7,12-13H,4-6,8-10H2,1-3H3,(H,17,18). The first-order valence-electron chi connectivity index (χ1n) is 7.55. The summed E-state index contributed by atoms with van der Waals surface area (Å²) in [5.74, 6) is -1.73. The van der Waals surface area contributed by atoms with Crippen molar-refractivity contribution in [1.29, 1.82) is 0 Å². The van der Waals surface area contributed by atoms with Crippen LogP contribution in [0.1, 0.15) is 46.5 Å². The number of carboxylic acids is 1. The maximum Gasteiger partial charge on any atom is 0.307 e. The van der Waals surface area contributed by atoms with E-state index < -0.39 is 27.2 Å². The van der Waals surface area contributed by atoms with Crippen molar-refractivity contribution >= 4 is 16.0 Å². The fourth-order valence-electron chi connectivity index (χ4n) is 3.32. The number of carbonyl (C=O) groups is 1. The predicted molar refractivity (Wildman–Crippen MR) is 81.4 cm³/mol. The summed E-state index contributed by atoms with van der Waals surface area (Å²) in [6.07, 6.45) is 4.33. The normalized spacial score (nSPS) is 28.4. The quantitative estimate of drug-likeness (QED) is 0.811. The van der Waals surface area contributed by atoms with Crippen LogP contribution >= 0.6 is 0 Å². The molecule has 2 unspecified atom stereocenters. The van der Waals surface area contributed by atoms with Gasteiger partial charge in [0.15, 0.2) is 0 Å². The van der Waals surface area contributed by atoms with E-state index in [-0.39, 0.29) is 5.41 Å². The van der Waals surface area contributed by atoms with Crippen molar-refractivity contribution in [2.75, 3.05) is 13.1 Å². The number of sulfonamides is 1. The predicted octanol–water partition coefficient (Wildman–Crippen LogP) is 2.25. The average molecular weight is 315 g/mol. The zero-order valence-corrected chi connectivity index (χ0v) is 13.8. The number of hydrogen-bond donors (Lipinski definition) is 1. The lowest BCUT2D eigenvalue weighted by Crippen LogP contribution is -2.44. The molecule has 120 valence electrons. The Balaban J connectivity index is 2.15. The van der Waals surface area contributed by atoms with Crippen LogP contribution in [0.2, 0.25) is 0 Å². The van der Waals surface area contributed by atoms with Crippen LogP contribution in [-0.4, -0.2) is 42.1 Å². The highest BCUT2D eigenvalue weighted by Gasteiger charge is 2.44. The first kappa shape index (κ1) is 16.5. The molecule has 0 aromatic carbocycles. The molecular formula is C15H25NO4S. The summed E-state index contributed by atoms with van der Waals surface area (Å²) in [5.41, 5.74) is 1.34. The average Bonchev–Trinajstić information content (AvgIpc) is 2.88. The second-order valence-corrected chi connectivity index (χ2v) is 9.20. The summed E-state index contributed by atoms with van der Waals surface area (Å²) < 4.78 is 26.9. The van der Waals surface area contributed by atoms with Gasteiger partial charge in [0, 0.05) is 13.1 Å². The third kappa shape index (κ3) is 3.31. The molecular weight excluding hydrogens is 290 g/mol. The largest absolute Gasteiger partial charge is 0.481 e. The molecule has 0 radical (unpaired) electrons. The van der Waals surface area contributed by atoms with Crippen LogP contribution in [-0.2, 0) is 14.8 Å². The molecule has 1 aliphatic heterocycles. The maximum atomic E-state index is 12.7. The van der Waals surface area contributed by atoms with Crippen LogP contribution in [0.5, 0.6) is 0 Å². The Kier molecular flexibility index (Phi) is 4.49. The summed E-state index contributed by atoms with van der Waals surface area (Å²) in [5, 5.41) is 8.45. The first-order valence-corrected chi connectivity index (χ1v) is 9.05. The topological polar surface area (TPSA) is 74.7 Å². The van der Waals surface area contributed by atoms with Gasteiger partial charge in [-0.25, -0.2) is 8.42 Å². The molecule has 2 aliphatic rings. The van der Waals surface area contributed by atoms with Gasteiger partial charge in [-0.3, -0.25) is 4.79 Å². The van der Waals surface area contributed by atoms with Gasteiger partial charge >= 0.3 is 5.97 Å². The molecule has 1 N–H and O–H groups in total. The van der Waals surface area contributed by atoms with Gasteiger partial charge in [-0.1, -0.05) is 38.8 Å². The van der Waals surface area contributed by atoms with E-state index in [0.717, 1.165) is 6.42 Å². The molecule has 1 saturated carbocycles. The minimum absolute atomic E-state index is 0.0623. The van der Waals surface area contributed by atoms with Crippen LogP contribution in [0.25, 0.3) is 0 Å². The third-order valence-corrected chi connectivity index (χ3v) is 7.03. The van der Waals surface area contributed by atoms with Crippen molar-refractivity contribution in [3.05, 3.63) is 11.6 Å². The molecule has 21 heavy (non-hydrogen) atoms. The summed E-state index contributed by atoms with van der Waals surface area (Å²) in [6.45, 7) is 7.22. The Morgan fingerprint density at radius 2 is 2.00 bits per heavy atom. The van der Waals surface area contributed by atoms with Crippen molar-refractivity contribution in [2.45, 2.75) is 51.7 Å². The van der Waals surface area contributed by atoms with Gasteiger partial charge in [0.2, 0.25) is 10.0 Å². The fourth-order valence-corrected chi connectivity index (χ4v) is 5.46. The van der Waals surface area contributed by atoms with Crippen molar-refractivity contribution in [1.82, 2.24) is 4.31 Å². The molecule has 0 amide bonds. The van der Waals surface area contributed by atoms with Gasteiger partial charge in [0.05, 0.1) is 11.2 Å². The molecule has 1 fully saturated rings. The first-order chi connectivity index (χ1) is 9.64. The van der Waals surface area contributed by atoms with Gasteiger partial charge in [-0.2, -0.15) is 4.31 Å². The van der Waals surface area contributed by atoms with E-state index in [9.17, 15) is 18.3 Å². The fraction of sp³-hybridized carbons (Fsp3) is 0.800. The van der Waals surface area contributed by atoms with Gasteiger partial charge in [-0.15, -0.1) is 0 Å². The van der Waals surface area contributed by atoms with Crippen LogP contribution in [0.3, 0.4) is 0 Å². The zero-order chi connectivity index (χ0) is 15.8. The highest BCUT2D eigenvalue weighted by atomic mass is 32.2. The minimum Gasteiger partial charge on any atom is -0.481 e. The Morgan fingerprint density at radius 1 is 1.33 bits per heavy atom. The van der Waals surface area contributed by atoms with Crippen LogP contribution in [0.15, 0.2) is 11.6 Å². The lowest BCUT2D eigenvalue weighted by atomic mass is 9.83. The van der Waals surface area contributed by atoms with Gasteiger partial charge < -0.3 is 5.11 Å². The van der Waals surface area contributed by atoms with Gasteiger partial charge in [0.1, 0.15) is 0 Å². The second kappa shape index (κ2) is 5.72. The Bertz CT molecular complexity index is 545. The van der Waals surface area contributed by atoms with E-state index >= 15 is 0 Å². The summed E-state index contributed by atoms with van der Waals surface area (Å²) in [7, 11) is -3.52. The lowest BCUT2D eigenvalue weighted by molar-refractivity contribution is -0.141. The summed E-state index contributed by atoms with van der Waals surface area (Å²) in [6, 6.07) is 0. The maximum absolute atomic E-state index is 12.7. The van der Waals surface area contributed by atoms with Crippen molar-refractivity contribution < 1.29 is 18.3 Å².